The van der Waals surface area contributed by atoms with Crippen LogP contribution in [0.2, 0.25) is 0 Å². The maximum absolute atomic E-state index is 11.7. The van der Waals surface area contributed by atoms with Gasteiger partial charge in [0.2, 0.25) is 10.0 Å². The zero-order valence-corrected chi connectivity index (χ0v) is 11.4. The van der Waals surface area contributed by atoms with Crippen molar-refractivity contribution in [1.29, 1.82) is 0 Å². The molecule has 0 aromatic heterocycles. The van der Waals surface area contributed by atoms with Crippen molar-refractivity contribution in [3.05, 3.63) is 35.9 Å². The van der Waals surface area contributed by atoms with Gasteiger partial charge in [-0.3, -0.25) is 0 Å². The van der Waals surface area contributed by atoms with Crippen molar-refractivity contribution >= 4 is 10.0 Å². The normalized spacial score (nSPS) is 28.4. The standard InChI is InChI=1S/C14H17NO2S/c1-4-13-11(2)15(18(3,16)17)14(13)10-12-8-6-5-7-9-12/h1,5-9,11,13-14H,10H2,2-3H3/t11-,13-,14+/m1/s1. The molecule has 3 atom stereocenters. The molecule has 0 aliphatic carbocycles. The van der Waals surface area contributed by atoms with E-state index in [9.17, 15) is 8.42 Å². The maximum atomic E-state index is 11.7. The van der Waals surface area contributed by atoms with E-state index in [1.807, 2.05) is 37.3 Å². The molecule has 0 amide bonds. The minimum absolute atomic E-state index is 0.0000638. The summed E-state index contributed by atoms with van der Waals surface area (Å²) in [6, 6.07) is 9.63. The van der Waals surface area contributed by atoms with Crippen LogP contribution in [0.1, 0.15) is 12.5 Å². The van der Waals surface area contributed by atoms with Crippen LogP contribution in [0.25, 0.3) is 0 Å². The Labute approximate surface area is 109 Å². The Kier molecular flexibility index (Phi) is 3.47. The number of hydrogen-bond acceptors (Lipinski definition) is 2. The summed E-state index contributed by atoms with van der Waals surface area (Å²) >= 11 is 0. The number of terminal acetylenes is 1. The van der Waals surface area contributed by atoms with Crippen molar-refractivity contribution in [2.24, 2.45) is 5.92 Å². The minimum atomic E-state index is -3.19. The number of nitrogens with zero attached hydrogens (tertiary/aromatic N) is 1. The summed E-state index contributed by atoms with van der Waals surface area (Å²) in [5.41, 5.74) is 1.11. The van der Waals surface area contributed by atoms with Gasteiger partial charge in [-0.15, -0.1) is 6.42 Å². The summed E-state index contributed by atoms with van der Waals surface area (Å²) in [5.74, 6) is 2.72. The molecule has 96 valence electrons. The Morgan fingerprint density at radius 3 is 2.44 bits per heavy atom. The SMILES string of the molecule is C#C[C@@H]1[C@@H](C)N(S(C)(=O)=O)[C@H]1Cc1ccccc1. The Morgan fingerprint density at radius 2 is 1.94 bits per heavy atom. The first-order chi connectivity index (χ1) is 8.45. The topological polar surface area (TPSA) is 37.4 Å². The van der Waals surface area contributed by atoms with E-state index in [0.29, 0.717) is 6.42 Å². The molecule has 1 heterocycles. The van der Waals surface area contributed by atoms with Gasteiger partial charge in [0.1, 0.15) is 0 Å². The summed E-state index contributed by atoms with van der Waals surface area (Å²) in [6.07, 6.45) is 7.42. The quantitative estimate of drug-likeness (QED) is 0.775. The van der Waals surface area contributed by atoms with Gasteiger partial charge in [-0.25, -0.2) is 8.42 Å². The molecule has 1 aromatic carbocycles. The molecular weight excluding hydrogens is 246 g/mol. The summed E-state index contributed by atoms with van der Waals surface area (Å²) in [4.78, 5) is 0. The van der Waals surface area contributed by atoms with Crippen LogP contribution >= 0.6 is 0 Å². The van der Waals surface area contributed by atoms with Crippen LogP contribution in [0.15, 0.2) is 30.3 Å². The Hall–Kier alpha value is -1.31. The highest BCUT2D eigenvalue weighted by atomic mass is 32.2. The zero-order chi connectivity index (χ0) is 13.3. The average Bonchev–Trinajstić information content (AvgIpc) is 2.28. The maximum Gasteiger partial charge on any atom is 0.211 e. The Balaban J connectivity index is 2.22. The molecule has 1 fully saturated rings. The zero-order valence-electron chi connectivity index (χ0n) is 10.6. The van der Waals surface area contributed by atoms with Crippen molar-refractivity contribution in [3.8, 4) is 12.3 Å². The third-order valence-electron chi connectivity index (χ3n) is 3.53. The van der Waals surface area contributed by atoms with Gasteiger partial charge in [0, 0.05) is 12.1 Å². The van der Waals surface area contributed by atoms with E-state index in [-0.39, 0.29) is 18.0 Å². The third-order valence-corrected chi connectivity index (χ3v) is 4.89. The molecule has 0 bridgehead atoms. The van der Waals surface area contributed by atoms with Crippen molar-refractivity contribution in [3.63, 3.8) is 0 Å². The lowest BCUT2D eigenvalue weighted by atomic mass is 9.81. The summed E-state index contributed by atoms with van der Waals surface area (Å²) in [7, 11) is -3.19. The van der Waals surface area contributed by atoms with E-state index in [4.69, 9.17) is 6.42 Å². The van der Waals surface area contributed by atoms with Crippen LogP contribution in [0.3, 0.4) is 0 Å². The lowest BCUT2D eigenvalue weighted by Gasteiger charge is -2.50. The van der Waals surface area contributed by atoms with Gasteiger partial charge in [0.15, 0.2) is 0 Å². The predicted molar refractivity (Wildman–Crippen MR) is 72.4 cm³/mol. The lowest BCUT2D eigenvalue weighted by Crippen LogP contribution is -2.64. The van der Waals surface area contributed by atoms with Gasteiger partial charge in [-0.2, -0.15) is 4.31 Å². The van der Waals surface area contributed by atoms with Crippen LogP contribution in [0.4, 0.5) is 0 Å². The van der Waals surface area contributed by atoms with Gasteiger partial charge in [-0.05, 0) is 18.9 Å². The highest BCUT2D eigenvalue weighted by molar-refractivity contribution is 7.88. The number of sulfonamides is 1. The average molecular weight is 263 g/mol. The molecule has 3 nitrogen and oxygen atoms in total. The van der Waals surface area contributed by atoms with E-state index in [1.54, 1.807) is 0 Å². The molecule has 0 saturated carbocycles. The van der Waals surface area contributed by atoms with E-state index in [2.05, 4.69) is 5.92 Å². The van der Waals surface area contributed by atoms with Gasteiger partial charge < -0.3 is 0 Å². The summed E-state index contributed by atoms with van der Waals surface area (Å²) in [6.45, 7) is 1.87. The van der Waals surface area contributed by atoms with Crippen molar-refractivity contribution < 1.29 is 8.42 Å². The van der Waals surface area contributed by atoms with Crippen LogP contribution in [-0.4, -0.2) is 31.1 Å². The fraction of sp³-hybridized carbons (Fsp3) is 0.429. The largest absolute Gasteiger partial charge is 0.212 e. The molecule has 4 heteroatoms. The van der Waals surface area contributed by atoms with Gasteiger partial charge in [0.25, 0.3) is 0 Å². The molecule has 0 N–H and O–H groups in total. The smallest absolute Gasteiger partial charge is 0.211 e. The number of benzene rings is 1. The second-order valence-corrected chi connectivity index (χ2v) is 6.67. The summed E-state index contributed by atoms with van der Waals surface area (Å²) in [5, 5.41) is 0. The third kappa shape index (κ3) is 2.29. The summed E-state index contributed by atoms with van der Waals surface area (Å²) < 4.78 is 25.0. The van der Waals surface area contributed by atoms with Gasteiger partial charge in [0.05, 0.1) is 12.2 Å². The molecule has 1 saturated heterocycles. The van der Waals surface area contributed by atoms with Crippen molar-refractivity contribution in [1.82, 2.24) is 4.31 Å². The molecule has 0 radical (unpaired) electrons. The van der Waals surface area contributed by atoms with E-state index < -0.39 is 10.0 Å². The first-order valence-corrected chi connectivity index (χ1v) is 7.78. The predicted octanol–water partition coefficient (Wildman–Crippen LogP) is 1.51. The highest BCUT2D eigenvalue weighted by Gasteiger charge is 2.49. The fourth-order valence-corrected chi connectivity index (χ4v) is 4.14. The number of rotatable bonds is 3. The van der Waals surface area contributed by atoms with Gasteiger partial charge >= 0.3 is 0 Å². The fourth-order valence-electron chi connectivity index (χ4n) is 2.71. The van der Waals surface area contributed by atoms with Crippen molar-refractivity contribution in [2.45, 2.75) is 25.4 Å². The molecule has 1 aromatic rings. The Morgan fingerprint density at radius 1 is 1.33 bits per heavy atom. The van der Waals surface area contributed by atoms with E-state index in [1.165, 1.54) is 10.6 Å². The molecule has 0 spiro atoms. The first-order valence-electron chi connectivity index (χ1n) is 5.93. The lowest BCUT2D eigenvalue weighted by molar-refractivity contribution is 0.0718. The van der Waals surface area contributed by atoms with Crippen LogP contribution in [0, 0.1) is 18.3 Å². The molecule has 1 aliphatic heterocycles. The Bertz CT molecular complexity index is 559. The van der Waals surface area contributed by atoms with Gasteiger partial charge in [-0.1, -0.05) is 36.3 Å². The molecule has 1 aliphatic rings. The molecular formula is C14H17NO2S. The number of hydrogen-bond donors (Lipinski definition) is 0. The van der Waals surface area contributed by atoms with Crippen LogP contribution in [-0.2, 0) is 16.4 Å². The highest BCUT2D eigenvalue weighted by Crippen LogP contribution is 2.36. The molecule has 2 rings (SSSR count). The molecule has 18 heavy (non-hydrogen) atoms. The van der Waals surface area contributed by atoms with E-state index in [0.717, 1.165) is 5.56 Å². The second-order valence-electron chi connectivity index (χ2n) is 4.78. The van der Waals surface area contributed by atoms with Crippen molar-refractivity contribution in [2.75, 3.05) is 6.26 Å². The van der Waals surface area contributed by atoms with E-state index >= 15 is 0 Å². The second kappa shape index (κ2) is 4.75. The first kappa shape index (κ1) is 13.1. The minimum Gasteiger partial charge on any atom is -0.212 e. The van der Waals surface area contributed by atoms with Crippen LogP contribution < -0.4 is 0 Å². The van der Waals surface area contributed by atoms with Crippen LogP contribution in [0.5, 0.6) is 0 Å². The monoisotopic (exact) mass is 263 g/mol. The molecule has 0 unspecified atom stereocenters.